The molecule has 0 amide bonds. The first-order valence-corrected chi connectivity index (χ1v) is 8.87. The number of ether oxygens (including phenoxy) is 1. The Bertz CT molecular complexity index is 1330. The zero-order valence-electron chi connectivity index (χ0n) is 14.5. The molecule has 0 N–H and O–H groups in total. The second-order valence-corrected chi connectivity index (χ2v) is 6.54. The lowest BCUT2D eigenvalue weighted by Crippen LogP contribution is -2.36. The molecule has 0 saturated carbocycles. The first-order valence-electron chi connectivity index (χ1n) is 8.87. The largest absolute Gasteiger partial charge is 0.463 e. The third kappa shape index (κ3) is 2.07. The number of benzene rings is 3. The maximum absolute atomic E-state index is 12.8. The Labute approximate surface area is 150 Å². The molecule has 1 aliphatic carbocycles. The molecule has 126 valence electrons. The fraction of sp³-hybridized carbons (Fsp3) is 0.130. The lowest BCUT2D eigenvalue weighted by Gasteiger charge is -2.16. The van der Waals surface area contributed by atoms with Crippen LogP contribution in [0.4, 0.5) is 0 Å². The zero-order valence-corrected chi connectivity index (χ0v) is 14.5. The summed E-state index contributed by atoms with van der Waals surface area (Å²) in [5.41, 5.74) is 2.83. The van der Waals surface area contributed by atoms with Gasteiger partial charge in [0.1, 0.15) is 0 Å². The van der Waals surface area contributed by atoms with Gasteiger partial charge in [-0.3, -0.25) is 0 Å². The average Bonchev–Trinajstić information content (AvgIpc) is 3.06. The van der Waals surface area contributed by atoms with Crippen molar-refractivity contribution >= 4 is 33.6 Å². The van der Waals surface area contributed by atoms with E-state index in [9.17, 15) is 4.79 Å². The van der Waals surface area contributed by atoms with Crippen LogP contribution in [0.1, 0.15) is 13.3 Å². The van der Waals surface area contributed by atoms with E-state index in [4.69, 9.17) is 9.73 Å². The summed E-state index contributed by atoms with van der Waals surface area (Å²) < 4.78 is 5.39. The second-order valence-electron chi connectivity index (χ2n) is 6.54. The van der Waals surface area contributed by atoms with Crippen molar-refractivity contribution in [1.29, 1.82) is 0 Å². The lowest BCUT2D eigenvalue weighted by atomic mass is 9.90. The van der Waals surface area contributed by atoms with Crippen molar-refractivity contribution in [2.75, 3.05) is 6.61 Å². The lowest BCUT2D eigenvalue weighted by molar-refractivity contribution is -0.136. The van der Waals surface area contributed by atoms with E-state index in [2.05, 4.69) is 30.3 Å². The van der Waals surface area contributed by atoms with Gasteiger partial charge in [0.25, 0.3) is 0 Å². The van der Waals surface area contributed by atoms with Crippen molar-refractivity contribution in [1.82, 2.24) is 0 Å². The number of hydrogen-bond acceptors (Lipinski definition) is 3. The quantitative estimate of drug-likeness (QED) is 0.665. The third-order valence-electron chi connectivity index (χ3n) is 5.11. The second kappa shape index (κ2) is 5.67. The van der Waals surface area contributed by atoms with E-state index in [0.717, 1.165) is 48.6 Å². The molecule has 5 rings (SSSR count). The molecule has 0 radical (unpaired) electrons. The van der Waals surface area contributed by atoms with E-state index < -0.39 is 0 Å². The molecule has 0 saturated heterocycles. The summed E-state index contributed by atoms with van der Waals surface area (Å²) in [6.07, 6.45) is 0.551. The fourth-order valence-electron chi connectivity index (χ4n) is 4.00. The maximum atomic E-state index is 12.8. The van der Waals surface area contributed by atoms with Crippen LogP contribution in [0.3, 0.4) is 0 Å². The highest BCUT2D eigenvalue weighted by Gasteiger charge is 2.25. The van der Waals surface area contributed by atoms with Gasteiger partial charge >= 0.3 is 5.97 Å². The molecule has 1 heterocycles. The van der Waals surface area contributed by atoms with Gasteiger partial charge in [-0.2, -0.15) is 0 Å². The molecule has 0 bridgehead atoms. The molecule has 2 aliphatic rings. The number of carbonyl (C=O) groups is 1. The van der Waals surface area contributed by atoms with E-state index in [1.165, 1.54) is 0 Å². The molecular weight excluding hydrogens is 322 g/mol. The van der Waals surface area contributed by atoms with Crippen molar-refractivity contribution < 1.29 is 9.53 Å². The van der Waals surface area contributed by atoms with Gasteiger partial charge < -0.3 is 4.74 Å². The Hall–Kier alpha value is -3.20. The van der Waals surface area contributed by atoms with E-state index >= 15 is 0 Å². The highest BCUT2D eigenvalue weighted by molar-refractivity contribution is 6.17. The van der Waals surface area contributed by atoms with Crippen LogP contribution < -0.4 is 21.0 Å². The van der Waals surface area contributed by atoms with Crippen LogP contribution in [0.15, 0.2) is 65.7 Å². The summed E-state index contributed by atoms with van der Waals surface area (Å²) in [6.45, 7) is 2.21. The van der Waals surface area contributed by atoms with Crippen LogP contribution in [0.5, 0.6) is 0 Å². The van der Waals surface area contributed by atoms with Gasteiger partial charge in [0.15, 0.2) is 0 Å². The number of rotatable bonds is 2. The molecule has 3 heteroatoms. The standard InChI is InChI=1S/C23H17NO2/c1-2-26-23(25)19-13-18-16-9-5-6-10-20(16)24-22(18)17-12-11-14-7-3-4-8-15(14)21(17)19/h3-12H,2,13H2,1H3. The Balaban J connectivity index is 2.00. The highest BCUT2D eigenvalue weighted by Crippen LogP contribution is 2.26. The molecule has 3 nitrogen and oxygen atoms in total. The topological polar surface area (TPSA) is 38.7 Å². The van der Waals surface area contributed by atoms with Crippen molar-refractivity contribution in [2.24, 2.45) is 4.99 Å². The SMILES string of the molecule is CCOC(=O)C1=c2c(ccc3ccccc23)=C2N=c3ccccc3=C2C1. The summed E-state index contributed by atoms with van der Waals surface area (Å²) in [5, 5.41) is 6.27. The predicted octanol–water partition coefficient (Wildman–Crippen LogP) is 1.55. The van der Waals surface area contributed by atoms with Gasteiger partial charge in [-0.15, -0.1) is 0 Å². The first kappa shape index (κ1) is 15.1. The van der Waals surface area contributed by atoms with Crippen LogP contribution in [-0.2, 0) is 9.53 Å². The van der Waals surface area contributed by atoms with Gasteiger partial charge in [0.05, 0.1) is 23.2 Å². The number of para-hydroxylation sites is 1. The Morgan fingerprint density at radius 1 is 1.00 bits per heavy atom. The van der Waals surface area contributed by atoms with Crippen LogP contribution in [-0.4, -0.2) is 12.6 Å². The molecule has 0 fully saturated rings. The minimum absolute atomic E-state index is 0.235. The molecule has 26 heavy (non-hydrogen) atoms. The summed E-state index contributed by atoms with van der Waals surface area (Å²) >= 11 is 0. The Morgan fingerprint density at radius 2 is 1.81 bits per heavy atom. The molecule has 3 aromatic carbocycles. The number of esters is 1. The number of fused-ring (bicyclic) bond motifs is 5. The number of hydrogen-bond donors (Lipinski definition) is 0. The zero-order chi connectivity index (χ0) is 17.7. The molecule has 3 aromatic rings. The van der Waals surface area contributed by atoms with E-state index in [1.807, 2.05) is 37.3 Å². The van der Waals surface area contributed by atoms with Gasteiger partial charge in [0, 0.05) is 22.1 Å². The summed E-state index contributed by atoms with van der Waals surface area (Å²) in [6, 6.07) is 20.5. The number of carbonyl (C=O) groups excluding carboxylic acids is 1. The normalized spacial score (nSPS) is 14.6. The van der Waals surface area contributed by atoms with Gasteiger partial charge in [0.2, 0.25) is 0 Å². The minimum Gasteiger partial charge on any atom is -0.463 e. The predicted molar refractivity (Wildman–Crippen MR) is 102 cm³/mol. The van der Waals surface area contributed by atoms with Crippen LogP contribution in [0, 0.1) is 0 Å². The van der Waals surface area contributed by atoms with Gasteiger partial charge in [-0.1, -0.05) is 54.6 Å². The van der Waals surface area contributed by atoms with Crippen LogP contribution in [0.25, 0.3) is 27.6 Å². The molecule has 0 spiro atoms. The third-order valence-corrected chi connectivity index (χ3v) is 5.11. The van der Waals surface area contributed by atoms with Crippen molar-refractivity contribution in [2.45, 2.75) is 13.3 Å². The summed E-state index contributed by atoms with van der Waals surface area (Å²) in [4.78, 5) is 17.7. The van der Waals surface area contributed by atoms with Crippen molar-refractivity contribution in [3.05, 3.63) is 81.7 Å². The molecule has 0 atom stereocenters. The molecule has 0 aromatic heterocycles. The monoisotopic (exact) mass is 339 g/mol. The number of nitrogens with zero attached hydrogens (tertiary/aromatic N) is 1. The molecular formula is C23H17NO2. The van der Waals surface area contributed by atoms with E-state index in [0.29, 0.717) is 13.0 Å². The average molecular weight is 339 g/mol. The van der Waals surface area contributed by atoms with Crippen LogP contribution in [0.2, 0.25) is 0 Å². The Morgan fingerprint density at radius 3 is 2.69 bits per heavy atom. The molecule has 1 aliphatic heterocycles. The van der Waals surface area contributed by atoms with Gasteiger partial charge in [-0.05, 0) is 29.3 Å². The van der Waals surface area contributed by atoms with E-state index in [-0.39, 0.29) is 5.97 Å². The minimum atomic E-state index is -0.235. The summed E-state index contributed by atoms with van der Waals surface area (Å²) in [7, 11) is 0. The summed E-state index contributed by atoms with van der Waals surface area (Å²) in [5.74, 6) is -0.235. The fourth-order valence-corrected chi connectivity index (χ4v) is 4.00. The Kier molecular flexibility index (Phi) is 3.29. The van der Waals surface area contributed by atoms with Crippen molar-refractivity contribution in [3.8, 4) is 0 Å². The van der Waals surface area contributed by atoms with Gasteiger partial charge in [-0.25, -0.2) is 9.79 Å². The smallest absolute Gasteiger partial charge is 0.334 e. The highest BCUT2D eigenvalue weighted by atomic mass is 16.5. The molecule has 0 unspecified atom stereocenters. The van der Waals surface area contributed by atoms with Crippen molar-refractivity contribution in [3.63, 3.8) is 0 Å². The maximum Gasteiger partial charge on any atom is 0.334 e. The van der Waals surface area contributed by atoms with Crippen LogP contribution >= 0.6 is 0 Å². The first-order chi connectivity index (χ1) is 12.8. The van der Waals surface area contributed by atoms with E-state index in [1.54, 1.807) is 0 Å².